The molecular formula is C20H26FN3O2. The number of nitrogens with zero attached hydrogens (tertiary/aromatic N) is 2. The molecule has 2 N–H and O–H groups in total. The molecule has 26 heavy (non-hydrogen) atoms. The highest BCUT2D eigenvalue weighted by Gasteiger charge is 2.44. The third-order valence-electron chi connectivity index (χ3n) is 6.37. The topological polar surface area (TPSA) is 66.6 Å². The van der Waals surface area contributed by atoms with Crippen LogP contribution in [0.15, 0.2) is 24.3 Å². The van der Waals surface area contributed by atoms with E-state index in [1.54, 1.807) is 4.90 Å². The summed E-state index contributed by atoms with van der Waals surface area (Å²) in [6.07, 6.45) is 3.84. The van der Waals surface area contributed by atoms with Crippen molar-refractivity contribution in [2.45, 2.75) is 31.7 Å². The van der Waals surface area contributed by atoms with Crippen LogP contribution in [0.3, 0.4) is 0 Å². The predicted molar refractivity (Wildman–Crippen MR) is 95.8 cm³/mol. The van der Waals surface area contributed by atoms with E-state index in [1.807, 2.05) is 4.90 Å². The molecule has 0 bridgehead atoms. The zero-order valence-corrected chi connectivity index (χ0v) is 14.9. The average molecular weight is 359 g/mol. The average Bonchev–Trinajstić information content (AvgIpc) is 3.23. The molecule has 1 saturated carbocycles. The molecule has 4 rings (SSSR count). The van der Waals surface area contributed by atoms with Crippen LogP contribution in [0.25, 0.3) is 0 Å². The first-order valence-corrected chi connectivity index (χ1v) is 9.62. The molecule has 2 amide bonds. The van der Waals surface area contributed by atoms with Crippen molar-refractivity contribution in [1.29, 1.82) is 0 Å². The largest absolute Gasteiger partial charge is 0.342 e. The summed E-state index contributed by atoms with van der Waals surface area (Å²) in [4.78, 5) is 29.4. The number of carbonyl (C=O) groups excluding carboxylic acids is 2. The molecule has 140 valence electrons. The molecule has 5 nitrogen and oxygen atoms in total. The highest BCUT2D eigenvalue weighted by molar-refractivity contribution is 5.94. The van der Waals surface area contributed by atoms with E-state index in [4.69, 9.17) is 5.73 Å². The second-order valence-electron chi connectivity index (χ2n) is 8.01. The summed E-state index contributed by atoms with van der Waals surface area (Å²) in [6.45, 7) is 2.69. The van der Waals surface area contributed by atoms with Gasteiger partial charge in [-0.05, 0) is 61.8 Å². The van der Waals surface area contributed by atoms with Crippen LogP contribution in [0, 0.1) is 23.6 Å². The number of rotatable bonds is 2. The summed E-state index contributed by atoms with van der Waals surface area (Å²) in [5.41, 5.74) is 6.65. The van der Waals surface area contributed by atoms with Gasteiger partial charge in [0.25, 0.3) is 5.91 Å². The van der Waals surface area contributed by atoms with Crippen molar-refractivity contribution in [2.24, 2.45) is 23.5 Å². The van der Waals surface area contributed by atoms with E-state index in [2.05, 4.69) is 0 Å². The third-order valence-corrected chi connectivity index (χ3v) is 6.37. The Morgan fingerprint density at radius 2 is 1.77 bits per heavy atom. The van der Waals surface area contributed by atoms with Crippen molar-refractivity contribution in [3.63, 3.8) is 0 Å². The van der Waals surface area contributed by atoms with Gasteiger partial charge in [-0.15, -0.1) is 0 Å². The first kappa shape index (κ1) is 17.5. The molecule has 2 heterocycles. The zero-order chi connectivity index (χ0) is 18.3. The molecule has 2 aliphatic heterocycles. The molecule has 3 aliphatic rings. The smallest absolute Gasteiger partial charge is 0.253 e. The summed E-state index contributed by atoms with van der Waals surface area (Å²) < 4.78 is 13.1. The number of piperidine rings is 1. The monoisotopic (exact) mass is 359 g/mol. The van der Waals surface area contributed by atoms with Crippen LogP contribution in [0.4, 0.5) is 4.39 Å². The van der Waals surface area contributed by atoms with Gasteiger partial charge in [-0.3, -0.25) is 9.59 Å². The summed E-state index contributed by atoms with van der Waals surface area (Å²) in [6, 6.07) is 5.83. The second kappa shape index (κ2) is 6.99. The highest BCUT2D eigenvalue weighted by Crippen LogP contribution is 2.38. The minimum Gasteiger partial charge on any atom is -0.342 e. The van der Waals surface area contributed by atoms with Crippen LogP contribution in [0.1, 0.15) is 36.0 Å². The minimum atomic E-state index is -0.356. The van der Waals surface area contributed by atoms with Crippen molar-refractivity contribution in [1.82, 2.24) is 9.80 Å². The maximum atomic E-state index is 13.1. The van der Waals surface area contributed by atoms with Crippen LogP contribution in [0.2, 0.25) is 0 Å². The number of hydrogen-bond donors (Lipinski definition) is 1. The SMILES string of the molecule is NC1CCC2CN(C(=O)C3CCCN(C(=O)c4ccc(F)cc4)C3)CC12. The molecule has 4 atom stereocenters. The number of likely N-dealkylation sites (tertiary alicyclic amines) is 2. The number of benzene rings is 1. The Kier molecular flexibility index (Phi) is 4.69. The van der Waals surface area contributed by atoms with Crippen LogP contribution < -0.4 is 5.73 Å². The number of hydrogen-bond acceptors (Lipinski definition) is 3. The quantitative estimate of drug-likeness (QED) is 0.877. The fraction of sp³-hybridized carbons (Fsp3) is 0.600. The van der Waals surface area contributed by atoms with Crippen molar-refractivity contribution in [2.75, 3.05) is 26.2 Å². The van der Waals surface area contributed by atoms with Gasteiger partial charge in [-0.25, -0.2) is 4.39 Å². The number of halogens is 1. The Labute approximate surface area is 153 Å². The van der Waals surface area contributed by atoms with Crippen LogP contribution in [0.5, 0.6) is 0 Å². The van der Waals surface area contributed by atoms with Crippen molar-refractivity contribution >= 4 is 11.8 Å². The van der Waals surface area contributed by atoms with Gasteiger partial charge in [0, 0.05) is 37.8 Å². The Morgan fingerprint density at radius 3 is 2.50 bits per heavy atom. The number of carbonyl (C=O) groups is 2. The van der Waals surface area contributed by atoms with Gasteiger partial charge in [-0.2, -0.15) is 0 Å². The van der Waals surface area contributed by atoms with Gasteiger partial charge in [0.05, 0.1) is 5.92 Å². The summed E-state index contributed by atoms with van der Waals surface area (Å²) in [5.74, 6) is 0.550. The van der Waals surface area contributed by atoms with Gasteiger partial charge in [-0.1, -0.05) is 0 Å². The van der Waals surface area contributed by atoms with Crippen LogP contribution in [-0.4, -0.2) is 53.8 Å². The number of nitrogens with two attached hydrogens (primary N) is 1. The van der Waals surface area contributed by atoms with E-state index < -0.39 is 0 Å². The Hall–Kier alpha value is -1.95. The van der Waals surface area contributed by atoms with E-state index in [0.717, 1.165) is 38.8 Å². The lowest BCUT2D eigenvalue weighted by molar-refractivity contribution is -0.136. The maximum absolute atomic E-state index is 13.1. The first-order valence-electron chi connectivity index (χ1n) is 9.62. The highest BCUT2D eigenvalue weighted by atomic mass is 19.1. The summed E-state index contributed by atoms with van der Waals surface area (Å²) >= 11 is 0. The van der Waals surface area contributed by atoms with Gasteiger partial charge >= 0.3 is 0 Å². The lowest BCUT2D eigenvalue weighted by Crippen LogP contribution is -2.46. The molecule has 4 unspecified atom stereocenters. The molecular weight excluding hydrogens is 333 g/mol. The van der Waals surface area contributed by atoms with Gasteiger partial charge in [0.2, 0.25) is 5.91 Å². The zero-order valence-electron chi connectivity index (χ0n) is 14.9. The number of amides is 2. The summed E-state index contributed by atoms with van der Waals surface area (Å²) in [7, 11) is 0. The Balaban J connectivity index is 1.39. The normalized spacial score (nSPS) is 31.2. The number of fused-ring (bicyclic) bond motifs is 1. The van der Waals surface area contributed by atoms with Crippen LogP contribution in [-0.2, 0) is 4.79 Å². The van der Waals surface area contributed by atoms with E-state index in [9.17, 15) is 14.0 Å². The molecule has 3 fully saturated rings. The molecule has 1 aromatic carbocycles. The van der Waals surface area contributed by atoms with Gasteiger partial charge < -0.3 is 15.5 Å². The predicted octanol–water partition coefficient (Wildman–Crippen LogP) is 1.87. The van der Waals surface area contributed by atoms with E-state index >= 15 is 0 Å². The fourth-order valence-corrected chi connectivity index (χ4v) is 4.88. The van der Waals surface area contributed by atoms with Crippen molar-refractivity contribution in [3.8, 4) is 0 Å². The van der Waals surface area contributed by atoms with Gasteiger partial charge in [0.1, 0.15) is 5.82 Å². The fourth-order valence-electron chi connectivity index (χ4n) is 4.88. The Morgan fingerprint density at radius 1 is 1.00 bits per heavy atom. The molecule has 1 aliphatic carbocycles. The summed E-state index contributed by atoms with van der Waals surface area (Å²) in [5, 5.41) is 0. The lowest BCUT2D eigenvalue weighted by Gasteiger charge is -2.34. The molecule has 0 aromatic heterocycles. The van der Waals surface area contributed by atoms with E-state index in [1.165, 1.54) is 24.3 Å². The third kappa shape index (κ3) is 3.22. The Bertz CT molecular complexity index is 693. The first-order chi connectivity index (χ1) is 12.5. The maximum Gasteiger partial charge on any atom is 0.253 e. The van der Waals surface area contributed by atoms with Crippen molar-refractivity contribution in [3.05, 3.63) is 35.6 Å². The molecule has 0 spiro atoms. The molecule has 0 radical (unpaired) electrons. The second-order valence-corrected chi connectivity index (χ2v) is 8.01. The molecule has 2 saturated heterocycles. The van der Waals surface area contributed by atoms with Crippen LogP contribution >= 0.6 is 0 Å². The molecule has 6 heteroatoms. The standard InChI is InChI=1S/C20H26FN3O2/c21-16-6-3-13(4-7-16)19(25)23-9-1-2-15(11-23)20(26)24-10-14-5-8-18(22)17(14)12-24/h3-4,6-7,14-15,17-18H,1-2,5,8-12,22H2. The lowest BCUT2D eigenvalue weighted by atomic mass is 9.95. The minimum absolute atomic E-state index is 0.122. The van der Waals surface area contributed by atoms with Gasteiger partial charge in [0.15, 0.2) is 0 Å². The molecule has 1 aromatic rings. The van der Waals surface area contributed by atoms with E-state index in [0.29, 0.717) is 30.5 Å². The van der Waals surface area contributed by atoms with E-state index in [-0.39, 0.29) is 29.6 Å². The van der Waals surface area contributed by atoms with Crippen molar-refractivity contribution < 1.29 is 14.0 Å².